The fourth-order valence-electron chi connectivity index (χ4n) is 2.19. The molecule has 1 rings (SSSR count). The van der Waals surface area contributed by atoms with Gasteiger partial charge in [0.25, 0.3) is 0 Å². The number of rotatable bonds is 10. The van der Waals surface area contributed by atoms with Gasteiger partial charge in [0.2, 0.25) is 0 Å². The van der Waals surface area contributed by atoms with E-state index in [4.69, 9.17) is 18.9 Å². The highest BCUT2D eigenvalue weighted by molar-refractivity contribution is 9.10. The van der Waals surface area contributed by atoms with Crippen LogP contribution >= 0.6 is 15.9 Å². The minimum atomic E-state index is -0.417. The molecular weight excluding hydrogens is 336 g/mol. The van der Waals surface area contributed by atoms with Gasteiger partial charge in [0.1, 0.15) is 0 Å². The zero-order chi connectivity index (χ0) is 15.7. The summed E-state index contributed by atoms with van der Waals surface area (Å²) in [5.41, 5.74) is 1.06. The third-order valence-corrected chi connectivity index (χ3v) is 3.60. The lowest BCUT2D eigenvalue weighted by Gasteiger charge is -2.32. The van der Waals surface area contributed by atoms with Crippen molar-refractivity contribution in [3.63, 3.8) is 0 Å². The lowest BCUT2D eigenvalue weighted by molar-refractivity contribution is -0.217. The first-order chi connectivity index (χ1) is 10.2. The smallest absolute Gasteiger partial charge is 0.169 e. The Kier molecular flexibility index (Phi) is 9.11. The van der Waals surface area contributed by atoms with Crippen LogP contribution in [0.15, 0.2) is 28.7 Å². The van der Waals surface area contributed by atoms with Crippen LogP contribution in [0.3, 0.4) is 0 Å². The third kappa shape index (κ3) is 5.68. The van der Waals surface area contributed by atoms with E-state index in [0.717, 1.165) is 10.0 Å². The van der Waals surface area contributed by atoms with Crippen LogP contribution in [0.4, 0.5) is 0 Å². The topological polar surface area (TPSA) is 36.9 Å². The van der Waals surface area contributed by atoms with Crippen molar-refractivity contribution in [3.8, 4) is 0 Å². The summed E-state index contributed by atoms with van der Waals surface area (Å²) in [6, 6.07) is 8.06. The SMILES string of the molecule is CCOC(OC)C(c1ccc(Br)cc1)C(OCC)OCC. The first-order valence-electron chi connectivity index (χ1n) is 7.30. The molecule has 0 aromatic heterocycles. The van der Waals surface area contributed by atoms with Crippen LogP contribution in [0.25, 0.3) is 0 Å². The van der Waals surface area contributed by atoms with Gasteiger partial charge in [-0.3, -0.25) is 0 Å². The predicted octanol–water partition coefficient (Wildman–Crippen LogP) is 3.94. The van der Waals surface area contributed by atoms with E-state index in [1.165, 1.54) is 0 Å². The lowest BCUT2D eigenvalue weighted by atomic mass is 9.97. The number of halogens is 1. The fraction of sp³-hybridized carbons (Fsp3) is 0.625. The molecule has 1 aromatic carbocycles. The molecule has 0 radical (unpaired) electrons. The Labute approximate surface area is 135 Å². The van der Waals surface area contributed by atoms with Crippen molar-refractivity contribution in [3.05, 3.63) is 34.3 Å². The van der Waals surface area contributed by atoms with E-state index >= 15 is 0 Å². The van der Waals surface area contributed by atoms with E-state index in [1.54, 1.807) is 7.11 Å². The standard InChI is InChI=1S/C16H25BrO4/c1-5-19-15(18-4)14(16(20-6-2)21-7-3)12-8-10-13(17)11-9-12/h8-11,14-16H,5-7H2,1-4H3. The maximum Gasteiger partial charge on any atom is 0.169 e. The normalized spacial score (nSPS) is 14.4. The number of methoxy groups -OCH3 is 1. The van der Waals surface area contributed by atoms with Crippen LogP contribution in [0.5, 0.6) is 0 Å². The van der Waals surface area contributed by atoms with Crippen LogP contribution in [0.1, 0.15) is 32.3 Å². The van der Waals surface area contributed by atoms with E-state index in [9.17, 15) is 0 Å². The molecule has 0 saturated carbocycles. The highest BCUT2D eigenvalue weighted by atomic mass is 79.9. The lowest BCUT2D eigenvalue weighted by Crippen LogP contribution is -2.37. The van der Waals surface area contributed by atoms with Gasteiger partial charge in [-0.25, -0.2) is 0 Å². The van der Waals surface area contributed by atoms with E-state index in [0.29, 0.717) is 19.8 Å². The first-order valence-corrected chi connectivity index (χ1v) is 8.10. The molecule has 1 aromatic rings. The molecule has 0 spiro atoms. The third-order valence-electron chi connectivity index (χ3n) is 3.07. The van der Waals surface area contributed by atoms with Crippen LogP contribution in [-0.4, -0.2) is 39.5 Å². The summed E-state index contributed by atoms with van der Waals surface area (Å²) in [6.45, 7) is 7.55. The molecule has 2 unspecified atom stereocenters. The van der Waals surface area contributed by atoms with Gasteiger partial charge < -0.3 is 18.9 Å². The minimum absolute atomic E-state index is 0.150. The summed E-state index contributed by atoms with van der Waals surface area (Å²) < 4.78 is 23.8. The molecule has 0 fully saturated rings. The Balaban J connectivity index is 3.09. The van der Waals surface area contributed by atoms with Crippen molar-refractivity contribution in [2.75, 3.05) is 26.9 Å². The number of hydrogen-bond donors (Lipinski definition) is 0. The van der Waals surface area contributed by atoms with Gasteiger partial charge in [0.05, 0.1) is 5.92 Å². The molecule has 0 aliphatic rings. The maximum absolute atomic E-state index is 5.76. The van der Waals surface area contributed by atoms with Crippen molar-refractivity contribution >= 4 is 15.9 Å². The molecule has 0 heterocycles. The number of hydrogen-bond acceptors (Lipinski definition) is 4. The molecule has 0 aliphatic carbocycles. The fourth-order valence-corrected chi connectivity index (χ4v) is 2.46. The van der Waals surface area contributed by atoms with Crippen LogP contribution in [0.2, 0.25) is 0 Å². The molecule has 0 amide bonds. The molecule has 0 aliphatic heterocycles. The maximum atomic E-state index is 5.76. The largest absolute Gasteiger partial charge is 0.355 e. The molecule has 4 nitrogen and oxygen atoms in total. The quantitative estimate of drug-likeness (QED) is 0.592. The average molecular weight is 361 g/mol. The Hall–Kier alpha value is -0.460. The number of ether oxygens (including phenoxy) is 4. The van der Waals surface area contributed by atoms with E-state index in [-0.39, 0.29) is 5.92 Å². The van der Waals surface area contributed by atoms with Crippen molar-refractivity contribution in [2.45, 2.75) is 39.3 Å². The first kappa shape index (κ1) is 18.6. The van der Waals surface area contributed by atoms with Crippen molar-refractivity contribution in [1.29, 1.82) is 0 Å². The highest BCUT2D eigenvalue weighted by Gasteiger charge is 2.33. The Morgan fingerprint density at radius 2 is 1.33 bits per heavy atom. The molecule has 0 saturated heterocycles. The molecule has 120 valence electrons. The highest BCUT2D eigenvalue weighted by Crippen LogP contribution is 2.30. The van der Waals surface area contributed by atoms with Gasteiger partial charge in [-0.1, -0.05) is 28.1 Å². The zero-order valence-electron chi connectivity index (χ0n) is 13.2. The van der Waals surface area contributed by atoms with Crippen molar-refractivity contribution < 1.29 is 18.9 Å². The molecule has 2 atom stereocenters. The van der Waals surface area contributed by atoms with Crippen molar-refractivity contribution in [1.82, 2.24) is 0 Å². The summed E-state index contributed by atoms with van der Waals surface area (Å²) in [6.07, 6.45) is -0.822. The average Bonchev–Trinajstić information content (AvgIpc) is 2.49. The zero-order valence-corrected chi connectivity index (χ0v) is 14.8. The van der Waals surface area contributed by atoms with E-state index in [2.05, 4.69) is 15.9 Å². The van der Waals surface area contributed by atoms with Gasteiger partial charge in [-0.15, -0.1) is 0 Å². The van der Waals surface area contributed by atoms with Crippen LogP contribution in [0, 0.1) is 0 Å². The Morgan fingerprint density at radius 1 is 0.857 bits per heavy atom. The van der Waals surface area contributed by atoms with Gasteiger partial charge >= 0.3 is 0 Å². The van der Waals surface area contributed by atoms with Crippen LogP contribution < -0.4 is 0 Å². The Morgan fingerprint density at radius 3 is 1.76 bits per heavy atom. The number of benzene rings is 1. The van der Waals surface area contributed by atoms with Gasteiger partial charge in [-0.2, -0.15) is 0 Å². The van der Waals surface area contributed by atoms with Gasteiger partial charge in [0, 0.05) is 31.4 Å². The summed E-state index contributed by atoms with van der Waals surface area (Å²) >= 11 is 3.45. The van der Waals surface area contributed by atoms with Crippen LogP contribution in [-0.2, 0) is 18.9 Å². The second-order valence-corrected chi connectivity index (χ2v) is 5.33. The summed E-state index contributed by atoms with van der Waals surface area (Å²) in [4.78, 5) is 0. The molecule has 0 N–H and O–H groups in total. The molecule has 21 heavy (non-hydrogen) atoms. The monoisotopic (exact) mass is 360 g/mol. The molecular formula is C16H25BrO4. The summed E-state index contributed by atoms with van der Waals surface area (Å²) in [5, 5.41) is 0. The predicted molar refractivity (Wildman–Crippen MR) is 86.3 cm³/mol. The summed E-state index contributed by atoms with van der Waals surface area (Å²) in [7, 11) is 1.64. The minimum Gasteiger partial charge on any atom is -0.355 e. The van der Waals surface area contributed by atoms with Gasteiger partial charge in [0.15, 0.2) is 12.6 Å². The second-order valence-electron chi connectivity index (χ2n) is 4.42. The second kappa shape index (κ2) is 10.3. The summed E-state index contributed by atoms with van der Waals surface area (Å²) in [5.74, 6) is -0.150. The molecule has 0 bridgehead atoms. The van der Waals surface area contributed by atoms with Crippen molar-refractivity contribution in [2.24, 2.45) is 0 Å². The van der Waals surface area contributed by atoms with E-state index < -0.39 is 12.6 Å². The van der Waals surface area contributed by atoms with Gasteiger partial charge in [-0.05, 0) is 38.5 Å². The Bertz CT molecular complexity index is 376. The molecule has 5 heteroatoms. The van der Waals surface area contributed by atoms with E-state index in [1.807, 2.05) is 45.0 Å².